The standard InChI is InChI=1S/C11H9BrN2O2S/c12-7-3-10(17-6-7)8(4-11(15)16)9-5-13-1-2-14-9/h1-3,5-6,8H,4H2,(H,15,16). The van der Waals surface area contributed by atoms with E-state index in [4.69, 9.17) is 5.11 Å². The van der Waals surface area contributed by atoms with E-state index in [1.54, 1.807) is 18.6 Å². The second-order valence-corrected chi connectivity index (χ2v) is 5.31. The monoisotopic (exact) mass is 312 g/mol. The molecule has 0 radical (unpaired) electrons. The first-order valence-corrected chi connectivity index (χ1v) is 6.55. The number of aromatic nitrogens is 2. The van der Waals surface area contributed by atoms with Crippen molar-refractivity contribution in [3.05, 3.63) is 45.1 Å². The summed E-state index contributed by atoms with van der Waals surface area (Å²) in [5, 5.41) is 10.9. The fourth-order valence-electron chi connectivity index (χ4n) is 1.53. The number of rotatable bonds is 4. The lowest BCUT2D eigenvalue weighted by Crippen LogP contribution is -2.08. The third kappa shape index (κ3) is 3.10. The van der Waals surface area contributed by atoms with Crippen LogP contribution in [0.1, 0.15) is 22.9 Å². The van der Waals surface area contributed by atoms with Crippen molar-refractivity contribution in [2.45, 2.75) is 12.3 Å². The number of thiophene rings is 1. The maximum absolute atomic E-state index is 10.9. The van der Waals surface area contributed by atoms with E-state index in [9.17, 15) is 4.79 Å². The van der Waals surface area contributed by atoms with Gasteiger partial charge in [0.1, 0.15) is 0 Å². The third-order valence-electron chi connectivity index (χ3n) is 2.25. The molecule has 17 heavy (non-hydrogen) atoms. The Bertz CT molecular complexity index is 515. The van der Waals surface area contributed by atoms with E-state index < -0.39 is 5.97 Å². The molecule has 88 valence electrons. The molecule has 0 aromatic carbocycles. The van der Waals surface area contributed by atoms with Gasteiger partial charge in [0.2, 0.25) is 0 Å². The first kappa shape index (κ1) is 12.2. The molecule has 0 aliphatic rings. The van der Waals surface area contributed by atoms with Crippen molar-refractivity contribution in [2.24, 2.45) is 0 Å². The summed E-state index contributed by atoms with van der Waals surface area (Å²) in [5.41, 5.74) is 0.684. The highest BCUT2D eigenvalue weighted by Crippen LogP contribution is 2.32. The minimum absolute atomic E-state index is 0.0195. The molecule has 2 rings (SSSR count). The number of carbonyl (C=O) groups is 1. The molecule has 2 heterocycles. The van der Waals surface area contributed by atoms with Gasteiger partial charge in [0.25, 0.3) is 0 Å². The third-order valence-corrected chi connectivity index (χ3v) is 4.06. The van der Waals surface area contributed by atoms with Gasteiger partial charge in [-0.2, -0.15) is 0 Å². The van der Waals surface area contributed by atoms with Crippen LogP contribution in [0.2, 0.25) is 0 Å². The van der Waals surface area contributed by atoms with Crippen molar-refractivity contribution in [1.82, 2.24) is 9.97 Å². The van der Waals surface area contributed by atoms with Crippen molar-refractivity contribution in [3.8, 4) is 0 Å². The maximum atomic E-state index is 10.9. The minimum Gasteiger partial charge on any atom is -0.481 e. The zero-order chi connectivity index (χ0) is 12.3. The largest absolute Gasteiger partial charge is 0.481 e. The Labute approximate surface area is 110 Å². The number of carboxylic acid groups (broad SMARTS) is 1. The molecular formula is C11H9BrN2O2S. The van der Waals surface area contributed by atoms with Crippen molar-refractivity contribution >= 4 is 33.2 Å². The molecule has 0 fully saturated rings. The Morgan fingerprint density at radius 2 is 2.35 bits per heavy atom. The number of halogens is 1. The Morgan fingerprint density at radius 3 is 2.88 bits per heavy atom. The van der Waals surface area contributed by atoms with Gasteiger partial charge in [0.05, 0.1) is 12.1 Å². The molecule has 0 saturated heterocycles. The van der Waals surface area contributed by atoms with E-state index in [1.165, 1.54) is 11.3 Å². The number of hydrogen-bond acceptors (Lipinski definition) is 4. The number of carboxylic acids is 1. The van der Waals surface area contributed by atoms with E-state index in [0.717, 1.165) is 9.35 Å². The van der Waals surface area contributed by atoms with Gasteiger partial charge in [-0.05, 0) is 22.0 Å². The summed E-state index contributed by atoms with van der Waals surface area (Å²) in [4.78, 5) is 20.0. The maximum Gasteiger partial charge on any atom is 0.304 e. The van der Waals surface area contributed by atoms with Crippen LogP contribution in [-0.4, -0.2) is 21.0 Å². The number of aliphatic carboxylic acids is 1. The van der Waals surface area contributed by atoms with Crippen LogP contribution in [-0.2, 0) is 4.79 Å². The predicted octanol–water partition coefficient (Wildman–Crippen LogP) is 2.91. The Balaban J connectivity index is 2.35. The average Bonchev–Trinajstić information content (AvgIpc) is 2.73. The van der Waals surface area contributed by atoms with Crippen LogP contribution in [0.25, 0.3) is 0 Å². The van der Waals surface area contributed by atoms with Crippen molar-refractivity contribution in [1.29, 1.82) is 0 Å². The number of nitrogens with zero attached hydrogens (tertiary/aromatic N) is 2. The molecular weight excluding hydrogens is 304 g/mol. The zero-order valence-electron chi connectivity index (χ0n) is 8.71. The summed E-state index contributed by atoms with van der Waals surface area (Å²) in [7, 11) is 0. The van der Waals surface area contributed by atoms with E-state index in [-0.39, 0.29) is 12.3 Å². The van der Waals surface area contributed by atoms with Gasteiger partial charge in [-0.15, -0.1) is 11.3 Å². The van der Waals surface area contributed by atoms with Gasteiger partial charge >= 0.3 is 5.97 Å². The summed E-state index contributed by atoms with van der Waals surface area (Å²) >= 11 is 4.88. The highest BCUT2D eigenvalue weighted by molar-refractivity contribution is 9.10. The van der Waals surface area contributed by atoms with Crippen LogP contribution in [0.5, 0.6) is 0 Å². The van der Waals surface area contributed by atoms with E-state index in [0.29, 0.717) is 5.69 Å². The van der Waals surface area contributed by atoms with E-state index >= 15 is 0 Å². The molecule has 6 heteroatoms. The van der Waals surface area contributed by atoms with Gasteiger partial charge in [-0.3, -0.25) is 14.8 Å². The van der Waals surface area contributed by atoms with Gasteiger partial charge in [-0.25, -0.2) is 0 Å². The summed E-state index contributed by atoms with van der Waals surface area (Å²) in [6.07, 6.45) is 4.78. The molecule has 0 spiro atoms. The van der Waals surface area contributed by atoms with Crippen molar-refractivity contribution in [2.75, 3.05) is 0 Å². The molecule has 0 aliphatic carbocycles. The van der Waals surface area contributed by atoms with Crippen LogP contribution in [0.15, 0.2) is 34.5 Å². The minimum atomic E-state index is -0.842. The molecule has 1 N–H and O–H groups in total. The second kappa shape index (κ2) is 5.37. The Hall–Kier alpha value is -1.27. The molecule has 0 saturated carbocycles. The zero-order valence-corrected chi connectivity index (χ0v) is 11.1. The van der Waals surface area contributed by atoms with Crippen molar-refractivity contribution < 1.29 is 9.90 Å². The average molecular weight is 313 g/mol. The molecule has 0 amide bonds. The normalized spacial score (nSPS) is 12.3. The Morgan fingerprint density at radius 1 is 1.53 bits per heavy atom. The van der Waals surface area contributed by atoms with Gasteiger partial charge < -0.3 is 5.11 Å². The molecule has 0 aliphatic heterocycles. The predicted molar refractivity (Wildman–Crippen MR) is 68.1 cm³/mol. The lowest BCUT2D eigenvalue weighted by atomic mass is 10.00. The first-order valence-electron chi connectivity index (χ1n) is 4.88. The number of hydrogen-bond donors (Lipinski definition) is 1. The molecule has 1 atom stereocenters. The van der Waals surface area contributed by atoms with E-state index in [2.05, 4.69) is 25.9 Å². The lowest BCUT2D eigenvalue weighted by Gasteiger charge is -2.11. The fraction of sp³-hybridized carbons (Fsp3) is 0.182. The molecule has 4 nitrogen and oxygen atoms in total. The van der Waals surface area contributed by atoms with Crippen LogP contribution < -0.4 is 0 Å². The SMILES string of the molecule is O=C(O)CC(c1cnccn1)c1cc(Br)cs1. The molecule has 2 aromatic rings. The van der Waals surface area contributed by atoms with Crippen LogP contribution >= 0.6 is 27.3 Å². The lowest BCUT2D eigenvalue weighted by molar-refractivity contribution is -0.137. The fourth-order valence-corrected chi connectivity index (χ4v) is 3.09. The quantitative estimate of drug-likeness (QED) is 0.943. The first-order chi connectivity index (χ1) is 8.16. The summed E-state index contributed by atoms with van der Waals surface area (Å²) in [6, 6.07) is 1.92. The summed E-state index contributed by atoms with van der Waals surface area (Å²) in [6.45, 7) is 0. The molecule has 0 bridgehead atoms. The smallest absolute Gasteiger partial charge is 0.304 e. The summed E-state index contributed by atoms with van der Waals surface area (Å²) < 4.78 is 0.955. The van der Waals surface area contributed by atoms with Gasteiger partial charge in [0, 0.05) is 39.2 Å². The highest BCUT2D eigenvalue weighted by Gasteiger charge is 2.20. The van der Waals surface area contributed by atoms with Crippen LogP contribution in [0.3, 0.4) is 0 Å². The van der Waals surface area contributed by atoms with Crippen molar-refractivity contribution in [3.63, 3.8) is 0 Å². The van der Waals surface area contributed by atoms with Crippen LogP contribution in [0, 0.1) is 0 Å². The Kier molecular flexibility index (Phi) is 3.86. The van der Waals surface area contributed by atoms with Gasteiger partial charge in [-0.1, -0.05) is 0 Å². The molecule has 1 unspecified atom stereocenters. The van der Waals surface area contributed by atoms with Crippen LogP contribution in [0.4, 0.5) is 0 Å². The molecule has 2 aromatic heterocycles. The highest BCUT2D eigenvalue weighted by atomic mass is 79.9. The second-order valence-electron chi connectivity index (χ2n) is 3.45. The van der Waals surface area contributed by atoms with Gasteiger partial charge in [0.15, 0.2) is 0 Å². The van der Waals surface area contributed by atoms with E-state index in [1.807, 2.05) is 11.4 Å². The topological polar surface area (TPSA) is 63.1 Å². The summed E-state index contributed by atoms with van der Waals surface area (Å²) in [5.74, 6) is -1.08.